The van der Waals surface area contributed by atoms with Crippen LogP contribution in [0, 0.1) is 24.1 Å². The van der Waals surface area contributed by atoms with Crippen molar-refractivity contribution in [3.8, 4) is 10.4 Å². The molecule has 4 rings (SSSR count). The van der Waals surface area contributed by atoms with Crippen molar-refractivity contribution in [2.24, 2.45) is 11.3 Å². The summed E-state index contributed by atoms with van der Waals surface area (Å²) < 4.78 is 13.1. The van der Waals surface area contributed by atoms with Crippen molar-refractivity contribution in [2.75, 3.05) is 5.32 Å². The number of rotatable bonds is 5. The van der Waals surface area contributed by atoms with Crippen LogP contribution in [0.15, 0.2) is 36.8 Å². The number of hydrogen-bond acceptors (Lipinski definition) is 7. The minimum atomic E-state index is -1.15. The van der Waals surface area contributed by atoms with Crippen molar-refractivity contribution in [1.29, 1.82) is 0 Å². The van der Waals surface area contributed by atoms with E-state index in [0.29, 0.717) is 30.2 Å². The monoisotopic (exact) mass is 456 g/mol. The summed E-state index contributed by atoms with van der Waals surface area (Å²) in [5, 5.41) is 24.5. The molecule has 3 N–H and O–H groups in total. The molecule has 0 bridgehead atoms. The normalized spacial score (nSPS) is 22.5. The summed E-state index contributed by atoms with van der Waals surface area (Å²) in [7, 11) is 0. The summed E-state index contributed by atoms with van der Waals surface area (Å²) in [6.07, 6.45) is 5.05. The molecule has 0 spiro atoms. The molecule has 1 fully saturated rings. The Morgan fingerprint density at radius 2 is 1.91 bits per heavy atom. The first-order valence-corrected chi connectivity index (χ1v) is 11.2. The molecule has 2 atom stereocenters. The van der Waals surface area contributed by atoms with Gasteiger partial charge >= 0.3 is 5.97 Å². The molecule has 3 aromatic rings. The summed E-state index contributed by atoms with van der Waals surface area (Å²) in [6, 6.07) is 5.87. The van der Waals surface area contributed by atoms with Gasteiger partial charge in [0.2, 0.25) is 5.95 Å². The highest BCUT2D eigenvalue weighted by Gasteiger charge is 2.49. The number of hydrogen-bond donors (Lipinski definition) is 3. The fraction of sp³-hybridized carbons (Fsp3) is 0.391. The highest BCUT2D eigenvalue weighted by atomic mass is 32.1. The van der Waals surface area contributed by atoms with E-state index in [0.717, 1.165) is 34.1 Å². The van der Waals surface area contributed by atoms with E-state index in [2.05, 4.69) is 20.3 Å². The molecule has 0 saturated heterocycles. The quantitative estimate of drug-likeness (QED) is 0.502. The van der Waals surface area contributed by atoms with Crippen molar-refractivity contribution in [1.82, 2.24) is 15.0 Å². The van der Waals surface area contributed by atoms with Crippen LogP contribution in [0.2, 0.25) is 0 Å². The second kappa shape index (κ2) is 8.22. The molecule has 2 unspecified atom stereocenters. The second-order valence-corrected chi connectivity index (χ2v) is 10.1. The summed E-state index contributed by atoms with van der Waals surface area (Å²) in [6.45, 7) is 5.74. The predicted molar refractivity (Wildman–Crippen MR) is 120 cm³/mol. The third kappa shape index (κ3) is 4.49. The van der Waals surface area contributed by atoms with Crippen LogP contribution in [0.4, 0.5) is 16.0 Å². The SMILES string of the molecule is Cc1cc(Nc2ncc(F)cn2)cc(-c2cnc(C3(O)CCC(C(=O)O)C(C)(C)C3)s2)c1. The van der Waals surface area contributed by atoms with Crippen molar-refractivity contribution in [3.05, 3.63) is 53.2 Å². The van der Waals surface area contributed by atoms with Gasteiger partial charge in [-0.1, -0.05) is 19.9 Å². The molecule has 168 valence electrons. The first kappa shape index (κ1) is 22.3. The number of aryl methyl sites for hydroxylation is 1. The lowest BCUT2D eigenvalue weighted by Crippen LogP contribution is -2.44. The number of halogens is 1. The molecule has 0 amide bonds. The van der Waals surface area contributed by atoms with E-state index < -0.39 is 28.7 Å². The Morgan fingerprint density at radius 3 is 2.56 bits per heavy atom. The fourth-order valence-corrected chi connectivity index (χ4v) is 5.52. The van der Waals surface area contributed by atoms with Crippen LogP contribution in [0.3, 0.4) is 0 Å². The zero-order chi connectivity index (χ0) is 23.1. The fourth-order valence-electron chi connectivity index (χ4n) is 4.51. The van der Waals surface area contributed by atoms with E-state index in [1.807, 2.05) is 39.0 Å². The van der Waals surface area contributed by atoms with Gasteiger partial charge in [0.25, 0.3) is 0 Å². The Morgan fingerprint density at radius 1 is 1.19 bits per heavy atom. The molecule has 1 aliphatic rings. The number of benzene rings is 1. The van der Waals surface area contributed by atoms with Gasteiger partial charge in [-0.05, 0) is 54.9 Å². The number of carboxylic acid groups (broad SMARTS) is 1. The second-order valence-electron chi connectivity index (χ2n) is 9.09. The molecular formula is C23H25FN4O3S. The van der Waals surface area contributed by atoms with Crippen LogP contribution in [-0.4, -0.2) is 31.1 Å². The molecule has 9 heteroatoms. The van der Waals surface area contributed by atoms with Crippen LogP contribution in [0.5, 0.6) is 0 Å². The van der Waals surface area contributed by atoms with E-state index in [-0.39, 0.29) is 0 Å². The number of carbonyl (C=O) groups is 1. The summed E-state index contributed by atoms with van der Waals surface area (Å²) in [4.78, 5) is 24.8. The van der Waals surface area contributed by atoms with Gasteiger partial charge in [0, 0.05) is 11.9 Å². The Hall–Kier alpha value is -2.91. The lowest BCUT2D eigenvalue weighted by Gasteiger charge is -2.44. The number of aliphatic hydroxyl groups is 1. The lowest BCUT2D eigenvalue weighted by molar-refractivity contribution is -0.154. The van der Waals surface area contributed by atoms with Crippen LogP contribution in [0.1, 0.15) is 43.7 Å². The number of nitrogens with one attached hydrogen (secondary N) is 1. The molecule has 1 aromatic carbocycles. The van der Waals surface area contributed by atoms with Crippen LogP contribution >= 0.6 is 11.3 Å². The molecule has 1 saturated carbocycles. The third-order valence-corrected chi connectivity index (χ3v) is 7.22. The molecule has 0 aliphatic heterocycles. The molecule has 2 aromatic heterocycles. The molecule has 1 aliphatic carbocycles. The maximum absolute atomic E-state index is 13.1. The van der Waals surface area contributed by atoms with Crippen LogP contribution < -0.4 is 5.32 Å². The zero-order valence-corrected chi connectivity index (χ0v) is 18.9. The van der Waals surface area contributed by atoms with Gasteiger partial charge in [-0.25, -0.2) is 19.3 Å². The number of anilines is 2. The van der Waals surface area contributed by atoms with Crippen molar-refractivity contribution in [3.63, 3.8) is 0 Å². The number of thiazole rings is 1. The van der Waals surface area contributed by atoms with E-state index in [1.165, 1.54) is 11.3 Å². The predicted octanol–water partition coefficient (Wildman–Crippen LogP) is 4.89. The van der Waals surface area contributed by atoms with Crippen LogP contribution in [-0.2, 0) is 10.4 Å². The molecule has 0 radical (unpaired) electrons. The van der Waals surface area contributed by atoms with E-state index in [9.17, 15) is 19.4 Å². The highest BCUT2D eigenvalue weighted by Crippen LogP contribution is 2.50. The number of nitrogens with zero attached hydrogens (tertiary/aromatic N) is 3. The average molecular weight is 457 g/mol. The maximum atomic E-state index is 13.1. The van der Waals surface area contributed by atoms with E-state index >= 15 is 0 Å². The van der Waals surface area contributed by atoms with Gasteiger partial charge in [0.1, 0.15) is 10.6 Å². The summed E-state index contributed by atoms with van der Waals surface area (Å²) >= 11 is 1.41. The Kier molecular flexibility index (Phi) is 5.72. The number of aromatic nitrogens is 3. The van der Waals surface area contributed by atoms with E-state index in [4.69, 9.17) is 0 Å². The first-order chi connectivity index (χ1) is 15.1. The van der Waals surface area contributed by atoms with E-state index in [1.54, 1.807) is 6.20 Å². The minimum Gasteiger partial charge on any atom is -0.481 e. The van der Waals surface area contributed by atoms with Crippen molar-refractivity contribution >= 4 is 28.9 Å². The van der Waals surface area contributed by atoms with Gasteiger partial charge < -0.3 is 15.5 Å². The Balaban J connectivity index is 1.59. The number of carboxylic acids is 1. The highest BCUT2D eigenvalue weighted by molar-refractivity contribution is 7.15. The smallest absolute Gasteiger partial charge is 0.307 e. The third-order valence-electron chi connectivity index (χ3n) is 5.98. The summed E-state index contributed by atoms with van der Waals surface area (Å²) in [5.74, 6) is -1.51. The molecule has 32 heavy (non-hydrogen) atoms. The number of aliphatic carboxylic acids is 1. The Labute approximate surface area is 189 Å². The summed E-state index contributed by atoms with van der Waals surface area (Å²) in [5.41, 5.74) is 0.985. The average Bonchev–Trinajstić information content (AvgIpc) is 3.19. The van der Waals surface area contributed by atoms with Gasteiger partial charge in [0.05, 0.1) is 23.2 Å². The first-order valence-electron chi connectivity index (χ1n) is 10.3. The lowest BCUT2D eigenvalue weighted by atomic mass is 9.63. The molecule has 2 heterocycles. The Bertz CT molecular complexity index is 1150. The minimum absolute atomic E-state index is 0.291. The van der Waals surface area contributed by atoms with Gasteiger partial charge in [-0.3, -0.25) is 4.79 Å². The van der Waals surface area contributed by atoms with Crippen molar-refractivity contribution in [2.45, 2.75) is 45.6 Å². The zero-order valence-electron chi connectivity index (χ0n) is 18.1. The molecular weight excluding hydrogens is 431 g/mol. The topological polar surface area (TPSA) is 108 Å². The van der Waals surface area contributed by atoms with Crippen molar-refractivity contribution < 1.29 is 19.4 Å². The van der Waals surface area contributed by atoms with Gasteiger partial charge in [-0.2, -0.15) is 0 Å². The maximum Gasteiger partial charge on any atom is 0.307 e. The van der Waals surface area contributed by atoms with Gasteiger partial charge in [-0.15, -0.1) is 11.3 Å². The van der Waals surface area contributed by atoms with Gasteiger partial charge in [0.15, 0.2) is 5.82 Å². The van der Waals surface area contributed by atoms with Crippen LogP contribution in [0.25, 0.3) is 10.4 Å². The largest absolute Gasteiger partial charge is 0.481 e. The standard InChI is InChI=1S/C23H25FN4O3S/c1-13-6-14(8-16(7-13)28-21-26-9-15(24)10-27-21)18-11-25-20(32-18)23(31)5-4-17(19(29)30)22(2,3)12-23/h6-11,17,31H,4-5,12H2,1-3H3,(H,29,30)(H,26,27,28). The molecule has 7 nitrogen and oxygen atoms in total.